The lowest BCUT2D eigenvalue weighted by molar-refractivity contribution is -0.136. The molecule has 2 heterocycles. The number of carbonyl (C=O) groups excluding carboxylic acids is 4. The second-order valence-corrected chi connectivity index (χ2v) is 6.49. The molecule has 1 fully saturated rings. The highest BCUT2D eigenvalue weighted by atomic mass is 79.9. The number of alkyl halides is 1. The zero-order valence-corrected chi connectivity index (χ0v) is 14.4. The maximum absolute atomic E-state index is 12.5. The number of hydrogen-bond donors (Lipinski definition) is 1. The van der Waals surface area contributed by atoms with Crippen molar-refractivity contribution in [3.05, 3.63) is 33.3 Å². The van der Waals surface area contributed by atoms with Crippen LogP contribution in [0.2, 0.25) is 0 Å². The average molecular weight is 430 g/mol. The predicted molar refractivity (Wildman–Crippen MR) is 83.4 cm³/mol. The van der Waals surface area contributed by atoms with Gasteiger partial charge in [0.05, 0.1) is 11.1 Å². The Balaban J connectivity index is 2.00. The second kappa shape index (κ2) is 5.58. The Morgan fingerprint density at radius 3 is 2.36 bits per heavy atom. The number of halogens is 2. The van der Waals surface area contributed by atoms with Crippen LogP contribution in [-0.2, 0) is 14.9 Å². The first-order valence-electron chi connectivity index (χ1n) is 6.54. The molecule has 1 aromatic rings. The Labute approximate surface area is 142 Å². The van der Waals surface area contributed by atoms with Crippen molar-refractivity contribution in [1.29, 1.82) is 0 Å². The van der Waals surface area contributed by atoms with Gasteiger partial charge >= 0.3 is 0 Å². The van der Waals surface area contributed by atoms with Gasteiger partial charge in [0.15, 0.2) is 0 Å². The Kier molecular flexibility index (Phi) is 3.90. The smallest absolute Gasteiger partial charge is 0.262 e. The summed E-state index contributed by atoms with van der Waals surface area (Å²) in [7, 11) is 0. The van der Waals surface area contributed by atoms with Gasteiger partial charge in [-0.1, -0.05) is 31.9 Å². The molecule has 0 aromatic heterocycles. The molecule has 114 valence electrons. The summed E-state index contributed by atoms with van der Waals surface area (Å²) < 4.78 is 0.717. The zero-order chi connectivity index (χ0) is 16.0. The molecule has 6 nitrogen and oxygen atoms in total. The quantitative estimate of drug-likeness (QED) is 0.573. The van der Waals surface area contributed by atoms with Crippen LogP contribution in [0.25, 0.3) is 0 Å². The third-order valence-corrected chi connectivity index (χ3v) is 5.09. The highest BCUT2D eigenvalue weighted by Crippen LogP contribution is 2.32. The molecule has 1 N–H and O–H groups in total. The van der Waals surface area contributed by atoms with E-state index in [0.29, 0.717) is 5.33 Å². The van der Waals surface area contributed by atoms with Gasteiger partial charge in [0.1, 0.15) is 6.04 Å². The molecular weight excluding hydrogens is 420 g/mol. The molecule has 4 amide bonds. The van der Waals surface area contributed by atoms with Gasteiger partial charge in [-0.3, -0.25) is 29.4 Å². The number of imide groups is 2. The maximum atomic E-state index is 12.5. The summed E-state index contributed by atoms with van der Waals surface area (Å²) >= 11 is 6.68. The molecule has 0 spiro atoms. The molecule has 2 aliphatic heterocycles. The van der Waals surface area contributed by atoms with Crippen molar-refractivity contribution in [3.8, 4) is 0 Å². The number of carbonyl (C=O) groups is 4. The first-order valence-corrected chi connectivity index (χ1v) is 8.45. The van der Waals surface area contributed by atoms with E-state index >= 15 is 0 Å². The Bertz CT molecular complexity index is 732. The zero-order valence-electron chi connectivity index (χ0n) is 11.2. The second-order valence-electron chi connectivity index (χ2n) is 5.07. The molecule has 1 saturated heterocycles. The number of benzene rings is 1. The van der Waals surface area contributed by atoms with Crippen molar-refractivity contribution >= 4 is 55.5 Å². The van der Waals surface area contributed by atoms with E-state index in [1.807, 2.05) is 0 Å². The van der Waals surface area contributed by atoms with Crippen LogP contribution < -0.4 is 5.32 Å². The summed E-state index contributed by atoms with van der Waals surface area (Å²) in [6.07, 6.45) is 0.267. The molecule has 1 atom stereocenters. The molecule has 22 heavy (non-hydrogen) atoms. The highest BCUT2D eigenvalue weighted by molar-refractivity contribution is 9.10. The number of amides is 4. The third kappa shape index (κ3) is 2.30. The van der Waals surface area contributed by atoms with Gasteiger partial charge in [-0.2, -0.15) is 0 Å². The van der Waals surface area contributed by atoms with Crippen LogP contribution >= 0.6 is 31.9 Å². The van der Waals surface area contributed by atoms with Gasteiger partial charge in [0.2, 0.25) is 11.8 Å². The van der Waals surface area contributed by atoms with Crippen LogP contribution in [0, 0.1) is 0 Å². The molecule has 8 heteroatoms. The fourth-order valence-electron chi connectivity index (χ4n) is 2.64. The van der Waals surface area contributed by atoms with Crippen molar-refractivity contribution in [3.63, 3.8) is 0 Å². The molecule has 0 radical (unpaired) electrons. The molecule has 0 bridgehead atoms. The van der Waals surface area contributed by atoms with E-state index in [1.165, 1.54) is 0 Å². The lowest BCUT2D eigenvalue weighted by Gasteiger charge is -2.27. The van der Waals surface area contributed by atoms with E-state index in [4.69, 9.17) is 0 Å². The van der Waals surface area contributed by atoms with Gasteiger partial charge in [-0.25, -0.2) is 0 Å². The van der Waals surface area contributed by atoms with Gasteiger partial charge in [0.25, 0.3) is 11.8 Å². The Hall–Kier alpha value is -1.54. The number of hydrogen-bond acceptors (Lipinski definition) is 4. The summed E-state index contributed by atoms with van der Waals surface area (Å²) in [4.78, 5) is 49.1. The van der Waals surface area contributed by atoms with Crippen LogP contribution in [0.5, 0.6) is 0 Å². The van der Waals surface area contributed by atoms with Crippen molar-refractivity contribution in [2.45, 2.75) is 24.2 Å². The monoisotopic (exact) mass is 428 g/mol. The van der Waals surface area contributed by atoms with E-state index in [0.717, 1.165) is 14.9 Å². The fraction of sp³-hybridized carbons (Fsp3) is 0.286. The summed E-state index contributed by atoms with van der Waals surface area (Å²) in [6, 6.07) is 2.30. The van der Waals surface area contributed by atoms with Crippen molar-refractivity contribution in [2.24, 2.45) is 0 Å². The van der Waals surface area contributed by atoms with Crippen LogP contribution in [0.3, 0.4) is 0 Å². The summed E-state index contributed by atoms with van der Waals surface area (Å²) in [5, 5.41) is 2.70. The molecule has 0 saturated carbocycles. The lowest BCUT2D eigenvalue weighted by atomic mass is 10.0. The van der Waals surface area contributed by atoms with E-state index in [2.05, 4.69) is 37.2 Å². The number of nitrogens with one attached hydrogen (secondary N) is 1. The van der Waals surface area contributed by atoms with Crippen LogP contribution in [0.4, 0.5) is 0 Å². The third-order valence-electron chi connectivity index (χ3n) is 3.75. The summed E-state index contributed by atoms with van der Waals surface area (Å²) in [6.45, 7) is 0. The normalized spacial score (nSPS) is 21.2. The minimum absolute atomic E-state index is 0.111. The molecule has 3 rings (SSSR count). The first kappa shape index (κ1) is 15.4. The molecule has 0 aliphatic carbocycles. The lowest BCUT2D eigenvalue weighted by Crippen LogP contribution is -2.54. The van der Waals surface area contributed by atoms with Crippen molar-refractivity contribution in [1.82, 2.24) is 10.2 Å². The average Bonchev–Trinajstić information content (AvgIpc) is 2.70. The molecule has 1 unspecified atom stereocenters. The van der Waals surface area contributed by atoms with Crippen molar-refractivity contribution in [2.75, 3.05) is 0 Å². The fourth-order valence-corrected chi connectivity index (χ4v) is 3.96. The maximum Gasteiger partial charge on any atom is 0.262 e. The number of rotatable bonds is 2. The van der Waals surface area contributed by atoms with Crippen LogP contribution in [0.15, 0.2) is 16.6 Å². The molecule has 1 aromatic carbocycles. The largest absolute Gasteiger partial charge is 0.295 e. The Morgan fingerprint density at radius 2 is 1.77 bits per heavy atom. The van der Waals surface area contributed by atoms with E-state index in [1.54, 1.807) is 12.1 Å². The van der Waals surface area contributed by atoms with E-state index < -0.39 is 23.8 Å². The molecular formula is C14H10Br2N2O4. The summed E-state index contributed by atoms with van der Waals surface area (Å²) in [5.41, 5.74) is 1.39. The number of piperidine rings is 1. The Morgan fingerprint density at radius 1 is 1.14 bits per heavy atom. The standard InChI is InChI=1S/C14H10Br2N2O4/c15-5-6-3-7-8(4-9(6)16)14(22)18(13(7)21)10-1-2-11(19)17-12(10)20/h3-4,10H,1-2,5H2,(H,17,19,20). The topological polar surface area (TPSA) is 83.6 Å². The van der Waals surface area contributed by atoms with Crippen molar-refractivity contribution < 1.29 is 19.2 Å². The minimum Gasteiger partial charge on any atom is -0.295 e. The van der Waals surface area contributed by atoms with E-state index in [-0.39, 0.29) is 29.9 Å². The van der Waals surface area contributed by atoms with Crippen LogP contribution in [0.1, 0.15) is 39.1 Å². The van der Waals surface area contributed by atoms with Gasteiger partial charge in [0, 0.05) is 16.2 Å². The predicted octanol–water partition coefficient (Wildman–Crippen LogP) is 1.75. The molecule has 2 aliphatic rings. The van der Waals surface area contributed by atoms with Gasteiger partial charge in [-0.15, -0.1) is 0 Å². The minimum atomic E-state index is -0.934. The van der Waals surface area contributed by atoms with Gasteiger partial charge in [-0.05, 0) is 24.1 Å². The SMILES string of the molecule is O=C1CCC(N2C(=O)c3cc(Br)c(CBr)cc3C2=O)C(=O)N1. The number of fused-ring (bicyclic) bond motifs is 1. The first-order chi connectivity index (χ1) is 10.4. The van der Waals surface area contributed by atoms with E-state index in [9.17, 15) is 19.2 Å². The highest BCUT2D eigenvalue weighted by Gasteiger charge is 2.44. The van der Waals surface area contributed by atoms with Crippen LogP contribution in [-0.4, -0.2) is 34.6 Å². The summed E-state index contributed by atoms with van der Waals surface area (Å²) in [5.74, 6) is -1.99. The number of nitrogens with zero attached hydrogens (tertiary/aromatic N) is 1. The van der Waals surface area contributed by atoms with Gasteiger partial charge < -0.3 is 0 Å².